The number of aryl methyl sites for hydroxylation is 1. The van der Waals surface area contributed by atoms with Crippen molar-refractivity contribution in [1.82, 2.24) is 19.7 Å². The van der Waals surface area contributed by atoms with Crippen molar-refractivity contribution in [2.24, 2.45) is 0 Å². The van der Waals surface area contributed by atoms with Crippen molar-refractivity contribution in [3.8, 4) is 5.75 Å². The number of carbonyl (C=O) groups excluding carboxylic acids is 2. The van der Waals surface area contributed by atoms with E-state index in [4.69, 9.17) is 27.9 Å². The fourth-order valence-electron chi connectivity index (χ4n) is 3.37. The Kier molecular flexibility index (Phi) is 10.8. The average Bonchev–Trinajstić information content (AvgIpc) is 3.23. The van der Waals surface area contributed by atoms with Crippen LogP contribution in [-0.4, -0.2) is 39.9 Å². The molecule has 3 aromatic heterocycles. The number of fused-ring (bicyclic) bond motifs is 1. The van der Waals surface area contributed by atoms with E-state index in [0.29, 0.717) is 33.4 Å². The molecule has 0 aliphatic carbocycles. The van der Waals surface area contributed by atoms with Crippen LogP contribution in [0.15, 0.2) is 61.2 Å². The Morgan fingerprint density at radius 2 is 1.84 bits per heavy atom. The first-order valence-corrected chi connectivity index (χ1v) is 11.3. The Hall–Kier alpha value is -3.24. The molecule has 9 nitrogen and oxygen atoms in total. The number of benzene rings is 1. The molecule has 0 aliphatic rings. The summed E-state index contributed by atoms with van der Waals surface area (Å²) in [6.07, 6.45) is 6.88. The van der Waals surface area contributed by atoms with Crippen LogP contribution in [0.5, 0.6) is 5.75 Å². The second-order valence-corrected chi connectivity index (χ2v) is 8.41. The summed E-state index contributed by atoms with van der Waals surface area (Å²) in [6, 6.07) is 9.71. The van der Waals surface area contributed by atoms with E-state index >= 15 is 0 Å². The van der Waals surface area contributed by atoms with Crippen molar-refractivity contribution in [3.05, 3.63) is 82.5 Å². The average molecular weight is 586 g/mol. The summed E-state index contributed by atoms with van der Waals surface area (Å²) in [4.78, 5) is 34.5. The third-order valence-corrected chi connectivity index (χ3v) is 5.95. The number of pyridine rings is 2. The highest BCUT2D eigenvalue weighted by Crippen LogP contribution is 2.35. The lowest BCUT2D eigenvalue weighted by Gasteiger charge is -2.21. The summed E-state index contributed by atoms with van der Waals surface area (Å²) in [6.45, 7) is 1.74. The van der Waals surface area contributed by atoms with Crippen LogP contribution in [0.3, 0.4) is 0 Å². The summed E-state index contributed by atoms with van der Waals surface area (Å²) in [7, 11) is 1.57. The highest BCUT2D eigenvalue weighted by atomic mass is 35.5. The minimum absolute atomic E-state index is 0. The maximum Gasteiger partial charge on any atom is 0.319 e. The van der Waals surface area contributed by atoms with E-state index in [1.54, 1.807) is 43.7 Å². The number of likely N-dealkylation sites (N-methyl/N-ethyl adjacent to an activating group) is 1. The summed E-state index contributed by atoms with van der Waals surface area (Å²) in [5, 5.41) is 5.83. The molecule has 196 valence electrons. The molecule has 0 spiro atoms. The number of anilines is 2. The first-order valence-electron chi connectivity index (χ1n) is 10.6. The van der Waals surface area contributed by atoms with Crippen molar-refractivity contribution in [1.29, 1.82) is 0 Å². The maximum atomic E-state index is 12.7. The van der Waals surface area contributed by atoms with Gasteiger partial charge in [0.1, 0.15) is 6.61 Å². The normalized spacial score (nSPS) is 10.2. The first kappa shape index (κ1) is 30.0. The number of carbonyl (C=O) groups is 2. The van der Waals surface area contributed by atoms with Gasteiger partial charge in [0.05, 0.1) is 22.9 Å². The molecule has 0 aliphatic heterocycles. The molecule has 0 atom stereocenters. The maximum absolute atomic E-state index is 12.7. The van der Waals surface area contributed by atoms with E-state index in [0.717, 1.165) is 5.69 Å². The zero-order valence-corrected chi connectivity index (χ0v) is 22.9. The number of halogens is 4. The van der Waals surface area contributed by atoms with Crippen molar-refractivity contribution < 1.29 is 14.3 Å². The van der Waals surface area contributed by atoms with E-state index in [-0.39, 0.29) is 48.9 Å². The molecule has 2 N–H and O–H groups in total. The van der Waals surface area contributed by atoms with Gasteiger partial charge in [0.25, 0.3) is 0 Å². The minimum Gasteiger partial charge on any atom is -0.485 e. The molecule has 3 amide bonds. The van der Waals surface area contributed by atoms with Crippen molar-refractivity contribution in [3.63, 3.8) is 0 Å². The molecule has 4 rings (SSSR count). The van der Waals surface area contributed by atoms with Gasteiger partial charge in [-0.1, -0.05) is 23.2 Å². The monoisotopic (exact) mass is 584 g/mol. The number of hydrogen-bond donors (Lipinski definition) is 2. The van der Waals surface area contributed by atoms with Gasteiger partial charge in [0.15, 0.2) is 11.4 Å². The lowest BCUT2D eigenvalue weighted by molar-refractivity contribution is -0.117. The molecule has 1 aromatic carbocycles. The highest BCUT2D eigenvalue weighted by molar-refractivity contribution is 6.38. The third-order valence-electron chi connectivity index (χ3n) is 5.18. The smallest absolute Gasteiger partial charge is 0.319 e. The van der Waals surface area contributed by atoms with Crippen LogP contribution in [0.4, 0.5) is 16.2 Å². The number of nitrogens with zero attached hydrogens (tertiary/aromatic N) is 4. The second-order valence-electron chi connectivity index (χ2n) is 7.63. The SMILES string of the molecule is Cc1cn2cccc(OCc3c(Cl)ccc(N(C)C(=O)CNC(=O)Nc4ccncc4)c3Cl)c2n1.Cl.Cl. The van der Waals surface area contributed by atoms with Gasteiger partial charge in [-0.05, 0) is 43.3 Å². The van der Waals surface area contributed by atoms with Crippen LogP contribution in [0.2, 0.25) is 10.0 Å². The van der Waals surface area contributed by atoms with Gasteiger partial charge in [-0.25, -0.2) is 9.78 Å². The lowest BCUT2D eigenvalue weighted by Crippen LogP contribution is -2.40. The Morgan fingerprint density at radius 3 is 2.57 bits per heavy atom. The van der Waals surface area contributed by atoms with Gasteiger partial charge in [0.2, 0.25) is 5.91 Å². The number of imidazole rings is 1. The predicted octanol–water partition coefficient (Wildman–Crippen LogP) is 5.55. The van der Waals surface area contributed by atoms with E-state index in [2.05, 4.69) is 20.6 Å². The molecule has 37 heavy (non-hydrogen) atoms. The zero-order valence-electron chi connectivity index (χ0n) is 19.8. The predicted molar refractivity (Wildman–Crippen MR) is 150 cm³/mol. The van der Waals surface area contributed by atoms with Crippen molar-refractivity contribution in [2.45, 2.75) is 13.5 Å². The fraction of sp³-hybridized carbons (Fsp3) is 0.167. The number of nitrogens with one attached hydrogen (secondary N) is 2. The molecule has 0 saturated heterocycles. The quantitative estimate of drug-likeness (QED) is 0.296. The zero-order chi connectivity index (χ0) is 24.9. The first-order chi connectivity index (χ1) is 16.8. The topological polar surface area (TPSA) is 101 Å². The van der Waals surface area contributed by atoms with E-state index in [9.17, 15) is 9.59 Å². The van der Waals surface area contributed by atoms with Gasteiger partial charge in [0, 0.05) is 48.1 Å². The summed E-state index contributed by atoms with van der Waals surface area (Å²) >= 11 is 13.0. The van der Waals surface area contributed by atoms with E-state index < -0.39 is 6.03 Å². The summed E-state index contributed by atoms with van der Waals surface area (Å²) in [5.74, 6) is 0.204. The number of amides is 3. The molecular formula is C24H24Cl4N6O3. The Bertz CT molecular complexity index is 1380. The fourth-order valence-corrected chi connectivity index (χ4v) is 3.97. The van der Waals surface area contributed by atoms with Crippen LogP contribution in [0.25, 0.3) is 5.65 Å². The van der Waals surface area contributed by atoms with Crippen molar-refractivity contribution in [2.75, 3.05) is 23.8 Å². The molecule has 0 bridgehead atoms. The molecule has 0 fully saturated rings. The Labute approximate surface area is 236 Å². The van der Waals surface area contributed by atoms with Gasteiger partial charge in [-0.2, -0.15) is 0 Å². The minimum atomic E-state index is -0.516. The number of hydrogen-bond acceptors (Lipinski definition) is 5. The summed E-state index contributed by atoms with van der Waals surface area (Å²) < 4.78 is 7.86. The van der Waals surface area contributed by atoms with E-state index in [1.165, 1.54) is 4.90 Å². The van der Waals surface area contributed by atoms with Crippen LogP contribution >= 0.6 is 48.0 Å². The molecule has 0 saturated carbocycles. The van der Waals surface area contributed by atoms with Gasteiger partial charge < -0.3 is 24.7 Å². The standard InChI is InChI=1S/C24H22Cl2N6O3.2ClH/c1-15-13-32-11-3-4-20(23(32)29-15)35-14-17-18(25)5-6-19(22(17)26)31(2)21(33)12-28-24(34)30-16-7-9-27-10-8-16;;/h3-11,13H,12,14H2,1-2H3,(H2,27,28,30,34);2*1H. The molecule has 0 radical (unpaired) electrons. The number of urea groups is 1. The van der Waals surface area contributed by atoms with Gasteiger partial charge in [-0.15, -0.1) is 24.8 Å². The molecular weight excluding hydrogens is 562 g/mol. The van der Waals surface area contributed by atoms with Crippen molar-refractivity contribution >= 4 is 77.0 Å². The second kappa shape index (κ2) is 13.3. The third kappa shape index (κ3) is 7.17. The Morgan fingerprint density at radius 1 is 1.11 bits per heavy atom. The number of rotatable bonds is 7. The summed E-state index contributed by atoms with van der Waals surface area (Å²) in [5.41, 5.74) is 3.06. The highest BCUT2D eigenvalue weighted by Gasteiger charge is 2.19. The number of ether oxygens (including phenoxy) is 1. The van der Waals surface area contributed by atoms with Crippen LogP contribution in [0.1, 0.15) is 11.3 Å². The van der Waals surface area contributed by atoms with Gasteiger partial charge in [-0.3, -0.25) is 9.78 Å². The molecule has 3 heterocycles. The van der Waals surface area contributed by atoms with Crippen LogP contribution in [-0.2, 0) is 11.4 Å². The molecule has 4 aromatic rings. The molecule has 13 heteroatoms. The largest absolute Gasteiger partial charge is 0.485 e. The van der Waals surface area contributed by atoms with Gasteiger partial charge >= 0.3 is 6.03 Å². The molecule has 0 unspecified atom stereocenters. The lowest BCUT2D eigenvalue weighted by atomic mass is 10.2. The Balaban J connectivity index is 0.00000241. The van der Waals surface area contributed by atoms with E-state index in [1.807, 2.05) is 35.9 Å². The van der Waals surface area contributed by atoms with Crippen LogP contribution in [0, 0.1) is 6.92 Å². The van der Waals surface area contributed by atoms with Crippen LogP contribution < -0.4 is 20.3 Å². The number of aromatic nitrogens is 3.